The summed E-state index contributed by atoms with van der Waals surface area (Å²) in [6.07, 6.45) is 0. The zero-order valence-corrected chi connectivity index (χ0v) is 19.3. The summed E-state index contributed by atoms with van der Waals surface area (Å²) >= 11 is 0. The van der Waals surface area contributed by atoms with Gasteiger partial charge < -0.3 is 20.3 Å². The van der Waals surface area contributed by atoms with Gasteiger partial charge in [-0.25, -0.2) is 4.99 Å². The Balaban J connectivity index is 0.00000450. The lowest BCUT2D eigenvalue weighted by atomic mass is 10.2. The van der Waals surface area contributed by atoms with E-state index in [9.17, 15) is 13.6 Å². The van der Waals surface area contributed by atoms with E-state index in [0.29, 0.717) is 25.6 Å². The number of guanidine groups is 1. The number of benzene rings is 2. The number of nitrogens with zero attached hydrogens (tertiary/aromatic N) is 2. The summed E-state index contributed by atoms with van der Waals surface area (Å²) in [5.74, 6) is 0.517. The Kier molecular flexibility index (Phi) is 11.7. The molecule has 0 aromatic heterocycles. The van der Waals surface area contributed by atoms with E-state index in [2.05, 4.69) is 20.4 Å². The number of hydrogen-bond donors (Lipinski definition) is 2. The highest BCUT2D eigenvalue weighted by atomic mass is 127. The maximum Gasteiger partial charge on any atom is 0.387 e. The van der Waals surface area contributed by atoms with Crippen molar-refractivity contribution in [1.82, 2.24) is 15.5 Å². The van der Waals surface area contributed by atoms with Crippen LogP contribution in [0.25, 0.3) is 0 Å². The second kappa shape index (κ2) is 13.7. The van der Waals surface area contributed by atoms with Crippen LogP contribution in [0.15, 0.2) is 59.6 Å². The minimum absolute atomic E-state index is 0. The highest BCUT2D eigenvalue weighted by Crippen LogP contribution is 2.15. The number of carbonyl (C=O) groups excluding carboxylic acids is 1. The molecule has 2 aromatic rings. The summed E-state index contributed by atoms with van der Waals surface area (Å²) in [4.78, 5) is 18.3. The molecule has 2 N–H and O–H groups in total. The van der Waals surface area contributed by atoms with Gasteiger partial charge in [0.1, 0.15) is 12.3 Å². The highest BCUT2D eigenvalue weighted by molar-refractivity contribution is 14.0. The second-order valence-corrected chi connectivity index (χ2v) is 6.31. The topological polar surface area (TPSA) is 66.0 Å². The lowest BCUT2D eigenvalue weighted by Crippen LogP contribution is -2.39. The number of hydrogen-bond acceptors (Lipinski definition) is 3. The highest BCUT2D eigenvalue weighted by Gasteiger charge is 2.09. The molecule has 0 fully saturated rings. The van der Waals surface area contributed by atoms with Crippen molar-refractivity contribution in [1.29, 1.82) is 0 Å². The Morgan fingerprint density at radius 3 is 2.33 bits per heavy atom. The molecule has 0 aliphatic heterocycles. The van der Waals surface area contributed by atoms with Crippen LogP contribution < -0.4 is 15.4 Å². The van der Waals surface area contributed by atoms with Crippen molar-refractivity contribution in [2.75, 3.05) is 20.1 Å². The number of carbonyl (C=O) groups is 1. The van der Waals surface area contributed by atoms with E-state index in [1.54, 1.807) is 12.1 Å². The molecule has 30 heavy (non-hydrogen) atoms. The van der Waals surface area contributed by atoms with Crippen LogP contribution in [-0.4, -0.2) is 43.5 Å². The molecule has 0 atom stereocenters. The quantitative estimate of drug-likeness (QED) is 0.294. The van der Waals surface area contributed by atoms with Crippen molar-refractivity contribution in [2.24, 2.45) is 4.99 Å². The lowest BCUT2D eigenvalue weighted by Gasteiger charge is -2.22. The van der Waals surface area contributed by atoms with Gasteiger partial charge in [0, 0.05) is 26.7 Å². The van der Waals surface area contributed by atoms with Crippen LogP contribution in [0, 0.1) is 0 Å². The second-order valence-electron chi connectivity index (χ2n) is 6.31. The Morgan fingerprint density at radius 1 is 1.07 bits per heavy atom. The van der Waals surface area contributed by atoms with E-state index in [-0.39, 0.29) is 42.2 Å². The Morgan fingerprint density at radius 2 is 1.73 bits per heavy atom. The van der Waals surface area contributed by atoms with Crippen LogP contribution in [-0.2, 0) is 17.9 Å². The molecule has 0 radical (unpaired) electrons. The Labute approximate surface area is 192 Å². The fourth-order valence-electron chi connectivity index (χ4n) is 2.59. The predicted octanol–water partition coefficient (Wildman–Crippen LogP) is 3.62. The summed E-state index contributed by atoms with van der Waals surface area (Å²) in [5, 5.41) is 5.98. The van der Waals surface area contributed by atoms with Crippen LogP contribution in [0.1, 0.15) is 18.1 Å². The van der Waals surface area contributed by atoms with Crippen molar-refractivity contribution in [3.05, 3.63) is 65.7 Å². The minimum atomic E-state index is -2.84. The van der Waals surface area contributed by atoms with Gasteiger partial charge in [0.2, 0.25) is 5.91 Å². The van der Waals surface area contributed by atoms with Gasteiger partial charge in [0.05, 0.1) is 0 Å². The van der Waals surface area contributed by atoms with Gasteiger partial charge in [-0.05, 0) is 30.2 Å². The van der Waals surface area contributed by atoms with Gasteiger partial charge in [-0.15, -0.1) is 24.0 Å². The van der Waals surface area contributed by atoms with Gasteiger partial charge in [-0.2, -0.15) is 8.78 Å². The largest absolute Gasteiger partial charge is 0.435 e. The molecule has 0 aliphatic rings. The molecular formula is C21H27F2IN4O2. The molecule has 0 saturated carbocycles. The SMILES string of the molecule is CCNC(=NCC(=O)NCc1ccccc1)N(C)Cc1ccc(OC(F)F)cc1.I. The fourth-order valence-corrected chi connectivity index (χ4v) is 2.59. The number of alkyl halides is 2. The molecule has 1 amide bonds. The first-order valence-corrected chi connectivity index (χ1v) is 9.31. The fraction of sp³-hybridized carbons (Fsp3) is 0.333. The van der Waals surface area contributed by atoms with Crippen LogP contribution in [0.4, 0.5) is 8.78 Å². The minimum Gasteiger partial charge on any atom is -0.435 e. The van der Waals surface area contributed by atoms with Crippen LogP contribution in [0.2, 0.25) is 0 Å². The van der Waals surface area contributed by atoms with Gasteiger partial charge in [0.25, 0.3) is 0 Å². The normalized spacial score (nSPS) is 10.9. The Bertz CT molecular complexity index is 789. The molecule has 0 aliphatic carbocycles. The monoisotopic (exact) mass is 532 g/mol. The van der Waals surface area contributed by atoms with Crippen molar-refractivity contribution in [3.8, 4) is 5.75 Å². The summed E-state index contributed by atoms with van der Waals surface area (Å²) in [5.41, 5.74) is 1.92. The van der Waals surface area contributed by atoms with E-state index >= 15 is 0 Å². The molecular weight excluding hydrogens is 505 g/mol. The van der Waals surface area contributed by atoms with Crippen LogP contribution in [0.5, 0.6) is 5.75 Å². The predicted molar refractivity (Wildman–Crippen MR) is 124 cm³/mol. The first-order valence-electron chi connectivity index (χ1n) is 9.31. The maximum atomic E-state index is 12.2. The third-order valence-electron chi connectivity index (χ3n) is 3.97. The molecule has 2 aromatic carbocycles. The van der Waals surface area contributed by atoms with Crippen LogP contribution in [0.3, 0.4) is 0 Å². The van der Waals surface area contributed by atoms with E-state index in [0.717, 1.165) is 11.1 Å². The number of aliphatic imine (C=N–C) groups is 1. The van der Waals surface area contributed by atoms with Crippen LogP contribution >= 0.6 is 24.0 Å². The average Bonchev–Trinajstić information content (AvgIpc) is 2.71. The summed E-state index contributed by atoms with van der Waals surface area (Å²) < 4.78 is 28.8. The van der Waals surface area contributed by atoms with Gasteiger partial charge in [0.15, 0.2) is 5.96 Å². The van der Waals surface area contributed by atoms with E-state index < -0.39 is 6.61 Å². The molecule has 6 nitrogen and oxygen atoms in total. The molecule has 0 heterocycles. The smallest absolute Gasteiger partial charge is 0.387 e. The number of ether oxygens (including phenoxy) is 1. The third-order valence-corrected chi connectivity index (χ3v) is 3.97. The summed E-state index contributed by atoms with van der Waals surface area (Å²) in [6, 6.07) is 16.1. The van der Waals surface area contributed by atoms with Gasteiger partial charge in [-0.1, -0.05) is 42.5 Å². The number of nitrogens with one attached hydrogen (secondary N) is 2. The standard InChI is InChI=1S/C21H26F2N4O2.HI/c1-3-24-21(26-14-19(28)25-13-16-7-5-4-6-8-16)27(2)15-17-9-11-18(12-10-17)29-20(22)23;/h4-12,20H,3,13-15H2,1-2H3,(H,24,26)(H,25,28);1H. The molecule has 164 valence electrons. The number of amides is 1. The lowest BCUT2D eigenvalue weighted by molar-refractivity contribution is -0.119. The van der Waals surface area contributed by atoms with E-state index in [1.165, 1.54) is 12.1 Å². The van der Waals surface area contributed by atoms with Gasteiger partial charge in [-0.3, -0.25) is 4.79 Å². The summed E-state index contributed by atoms with van der Waals surface area (Å²) in [6.45, 7) is 0.691. The van der Waals surface area contributed by atoms with E-state index in [1.807, 2.05) is 49.2 Å². The maximum absolute atomic E-state index is 12.2. The van der Waals surface area contributed by atoms with Crippen molar-refractivity contribution in [3.63, 3.8) is 0 Å². The van der Waals surface area contributed by atoms with Crippen molar-refractivity contribution in [2.45, 2.75) is 26.6 Å². The first kappa shape index (κ1) is 25.6. The molecule has 9 heteroatoms. The molecule has 2 rings (SSSR count). The Hall–Kier alpha value is -2.43. The third kappa shape index (κ3) is 9.38. The van der Waals surface area contributed by atoms with Crippen molar-refractivity contribution >= 4 is 35.8 Å². The first-order chi connectivity index (χ1) is 14.0. The molecule has 0 saturated heterocycles. The molecule has 0 bridgehead atoms. The zero-order chi connectivity index (χ0) is 21.1. The average molecular weight is 532 g/mol. The van der Waals surface area contributed by atoms with Crippen molar-refractivity contribution < 1.29 is 18.3 Å². The summed E-state index contributed by atoms with van der Waals surface area (Å²) in [7, 11) is 1.84. The molecule has 0 spiro atoms. The van der Waals surface area contributed by atoms with Gasteiger partial charge >= 0.3 is 6.61 Å². The van der Waals surface area contributed by atoms with E-state index in [4.69, 9.17) is 0 Å². The number of halogens is 3. The number of rotatable bonds is 9. The molecule has 0 unspecified atom stereocenters. The zero-order valence-electron chi connectivity index (χ0n) is 17.0.